The average molecular weight is 370 g/mol. The first kappa shape index (κ1) is 16.9. The van der Waals surface area contributed by atoms with Gasteiger partial charge in [0.05, 0.1) is 11.3 Å². The third kappa shape index (κ3) is 2.67. The highest BCUT2D eigenvalue weighted by molar-refractivity contribution is 5.93. The van der Waals surface area contributed by atoms with E-state index in [1.165, 1.54) is 6.20 Å². The molecule has 2 bridgehead atoms. The van der Waals surface area contributed by atoms with Gasteiger partial charge in [0.2, 0.25) is 5.95 Å². The van der Waals surface area contributed by atoms with Crippen molar-refractivity contribution in [3.8, 4) is 0 Å². The van der Waals surface area contributed by atoms with Crippen LogP contribution in [0.1, 0.15) is 66.2 Å². The maximum Gasteiger partial charge on any atom is 0.272 e. The Balaban J connectivity index is 1.42. The smallest absolute Gasteiger partial charge is 0.272 e. The van der Waals surface area contributed by atoms with Crippen molar-refractivity contribution in [3.05, 3.63) is 47.3 Å². The van der Waals surface area contributed by atoms with Crippen LogP contribution in [0.3, 0.4) is 0 Å². The van der Waals surface area contributed by atoms with E-state index < -0.39 is 11.5 Å². The standard InChI is InChI=1S/C20H23FN4O2/c1-24-17(9-16(23-24)12-4-5-12)19(26)25-13-6-7-14(25)11-20(27,10-13)15-3-2-8-22-18(15)21/h2-3,8-9,12-14,27H,4-7,10-11H2,1H3/t13-,14-/m1/s1. The molecule has 0 unspecified atom stereocenters. The molecular weight excluding hydrogens is 347 g/mol. The van der Waals surface area contributed by atoms with Gasteiger partial charge in [-0.05, 0) is 37.8 Å². The van der Waals surface area contributed by atoms with Gasteiger partial charge in [-0.3, -0.25) is 9.48 Å². The fourth-order valence-corrected chi connectivity index (χ4v) is 4.91. The number of halogens is 1. The molecule has 2 aromatic heterocycles. The molecule has 0 radical (unpaired) electrons. The Morgan fingerprint density at radius 3 is 2.59 bits per heavy atom. The zero-order valence-corrected chi connectivity index (χ0v) is 15.3. The van der Waals surface area contributed by atoms with Gasteiger partial charge in [0.25, 0.3) is 5.91 Å². The lowest BCUT2D eigenvalue weighted by molar-refractivity contribution is -0.0506. The molecule has 0 spiro atoms. The van der Waals surface area contributed by atoms with E-state index in [2.05, 4.69) is 10.1 Å². The number of aliphatic hydroxyl groups is 1. The molecule has 2 aromatic rings. The van der Waals surface area contributed by atoms with Crippen LogP contribution in [0.5, 0.6) is 0 Å². The largest absolute Gasteiger partial charge is 0.385 e. The maximum absolute atomic E-state index is 14.2. The predicted molar refractivity (Wildman–Crippen MR) is 95.5 cm³/mol. The molecule has 1 saturated carbocycles. The zero-order valence-electron chi connectivity index (χ0n) is 15.3. The minimum Gasteiger partial charge on any atom is -0.385 e. The lowest BCUT2D eigenvalue weighted by Crippen LogP contribution is -2.52. The lowest BCUT2D eigenvalue weighted by atomic mass is 9.81. The molecule has 2 saturated heterocycles. The van der Waals surface area contributed by atoms with Crippen LogP contribution in [-0.2, 0) is 12.6 Å². The van der Waals surface area contributed by atoms with Crippen molar-refractivity contribution in [1.82, 2.24) is 19.7 Å². The molecule has 3 aliphatic rings. The van der Waals surface area contributed by atoms with Crippen molar-refractivity contribution in [2.75, 3.05) is 0 Å². The first-order chi connectivity index (χ1) is 13.0. The first-order valence-electron chi connectivity index (χ1n) is 9.66. The first-order valence-corrected chi connectivity index (χ1v) is 9.66. The highest BCUT2D eigenvalue weighted by Gasteiger charge is 2.51. The maximum atomic E-state index is 14.2. The summed E-state index contributed by atoms with van der Waals surface area (Å²) in [4.78, 5) is 18.8. The summed E-state index contributed by atoms with van der Waals surface area (Å²) in [7, 11) is 1.81. The number of hydrogen-bond acceptors (Lipinski definition) is 4. The number of pyridine rings is 1. The van der Waals surface area contributed by atoms with Crippen LogP contribution in [0.2, 0.25) is 0 Å². The normalized spacial score (nSPS) is 30.0. The van der Waals surface area contributed by atoms with Gasteiger partial charge in [0.15, 0.2) is 0 Å². The lowest BCUT2D eigenvalue weighted by Gasteiger charge is -2.43. The summed E-state index contributed by atoms with van der Waals surface area (Å²) >= 11 is 0. The molecule has 2 atom stereocenters. The number of aromatic nitrogens is 3. The Kier molecular flexibility index (Phi) is 3.66. The van der Waals surface area contributed by atoms with E-state index in [1.807, 2.05) is 18.0 Å². The number of fused-ring (bicyclic) bond motifs is 2. The van der Waals surface area contributed by atoms with Gasteiger partial charge in [-0.2, -0.15) is 9.49 Å². The summed E-state index contributed by atoms with van der Waals surface area (Å²) in [5, 5.41) is 15.7. The van der Waals surface area contributed by atoms with Gasteiger partial charge >= 0.3 is 0 Å². The summed E-state index contributed by atoms with van der Waals surface area (Å²) < 4.78 is 15.9. The number of rotatable bonds is 3. The Bertz CT molecular complexity index is 893. The molecular formula is C20H23FN4O2. The van der Waals surface area contributed by atoms with Crippen molar-refractivity contribution in [1.29, 1.82) is 0 Å². The van der Waals surface area contributed by atoms with Crippen LogP contribution < -0.4 is 0 Å². The van der Waals surface area contributed by atoms with Gasteiger partial charge in [0.1, 0.15) is 5.69 Å². The molecule has 1 N–H and O–H groups in total. The van der Waals surface area contributed by atoms with Gasteiger partial charge in [-0.1, -0.05) is 6.07 Å². The van der Waals surface area contributed by atoms with Gasteiger partial charge in [-0.25, -0.2) is 4.98 Å². The molecule has 4 heterocycles. The minimum atomic E-state index is -1.27. The fraction of sp³-hybridized carbons (Fsp3) is 0.550. The van der Waals surface area contributed by atoms with Gasteiger partial charge < -0.3 is 10.0 Å². The Hall–Kier alpha value is -2.28. The average Bonchev–Trinajstić information content (AvgIpc) is 3.35. The number of carbonyl (C=O) groups is 1. The van der Waals surface area contributed by atoms with E-state index in [9.17, 15) is 14.3 Å². The van der Waals surface area contributed by atoms with Crippen LogP contribution in [0, 0.1) is 5.95 Å². The number of piperidine rings is 1. The van der Waals surface area contributed by atoms with E-state index in [4.69, 9.17) is 0 Å². The molecule has 7 heteroatoms. The molecule has 2 aliphatic heterocycles. The van der Waals surface area contributed by atoms with Crippen LogP contribution in [0.4, 0.5) is 4.39 Å². The quantitative estimate of drug-likeness (QED) is 0.843. The van der Waals surface area contributed by atoms with Crippen molar-refractivity contribution in [2.45, 2.75) is 62.1 Å². The number of nitrogens with zero attached hydrogens (tertiary/aromatic N) is 4. The third-order valence-electron chi connectivity index (χ3n) is 6.37. The van der Waals surface area contributed by atoms with Crippen LogP contribution in [0.25, 0.3) is 0 Å². The Labute approximate surface area is 157 Å². The van der Waals surface area contributed by atoms with Crippen LogP contribution in [-0.4, -0.2) is 42.8 Å². The van der Waals surface area contributed by atoms with Crippen molar-refractivity contribution >= 4 is 5.91 Å². The number of carbonyl (C=O) groups excluding carboxylic acids is 1. The molecule has 3 fully saturated rings. The highest BCUT2D eigenvalue weighted by atomic mass is 19.1. The molecule has 142 valence electrons. The molecule has 5 rings (SSSR count). The Morgan fingerprint density at radius 1 is 1.26 bits per heavy atom. The molecule has 1 amide bonds. The summed E-state index contributed by atoms with van der Waals surface area (Å²) in [6, 6.07) is 4.97. The SMILES string of the molecule is Cn1nc(C2CC2)cc1C(=O)N1[C@@H]2CC[C@@H]1CC(O)(c1cccnc1F)C2. The van der Waals surface area contributed by atoms with Gasteiger partial charge in [-0.15, -0.1) is 0 Å². The zero-order chi connectivity index (χ0) is 18.8. The Morgan fingerprint density at radius 2 is 1.96 bits per heavy atom. The van der Waals surface area contributed by atoms with Crippen molar-refractivity contribution < 1.29 is 14.3 Å². The van der Waals surface area contributed by atoms with Crippen molar-refractivity contribution in [3.63, 3.8) is 0 Å². The third-order valence-corrected chi connectivity index (χ3v) is 6.37. The monoisotopic (exact) mass is 370 g/mol. The molecule has 1 aliphatic carbocycles. The van der Waals surface area contributed by atoms with E-state index in [0.29, 0.717) is 24.5 Å². The summed E-state index contributed by atoms with van der Waals surface area (Å²) in [5.74, 6) is -0.160. The van der Waals surface area contributed by atoms with E-state index in [-0.39, 0.29) is 23.6 Å². The predicted octanol–water partition coefficient (Wildman–Crippen LogP) is 2.49. The fourth-order valence-electron chi connectivity index (χ4n) is 4.91. The highest BCUT2D eigenvalue weighted by Crippen LogP contribution is 2.47. The molecule has 27 heavy (non-hydrogen) atoms. The molecule has 0 aromatic carbocycles. The summed E-state index contributed by atoms with van der Waals surface area (Å²) in [6.07, 6.45) is 6.00. The van der Waals surface area contributed by atoms with Crippen LogP contribution >= 0.6 is 0 Å². The number of amides is 1. The van der Waals surface area contributed by atoms with Crippen LogP contribution in [0.15, 0.2) is 24.4 Å². The topological polar surface area (TPSA) is 71.2 Å². The van der Waals surface area contributed by atoms with Gasteiger partial charge in [0, 0.05) is 49.7 Å². The number of aryl methyl sites for hydroxylation is 1. The second-order valence-electron chi connectivity index (χ2n) is 8.23. The second kappa shape index (κ2) is 5.86. The van der Waals surface area contributed by atoms with E-state index in [0.717, 1.165) is 31.4 Å². The van der Waals surface area contributed by atoms with E-state index >= 15 is 0 Å². The summed E-state index contributed by atoms with van der Waals surface area (Å²) in [6.45, 7) is 0. The minimum absolute atomic E-state index is 0.0295. The molecule has 6 nitrogen and oxygen atoms in total. The number of hydrogen-bond donors (Lipinski definition) is 1. The van der Waals surface area contributed by atoms with Crippen molar-refractivity contribution in [2.24, 2.45) is 7.05 Å². The summed E-state index contributed by atoms with van der Waals surface area (Å²) in [5.41, 5.74) is 0.573. The van der Waals surface area contributed by atoms with E-state index in [1.54, 1.807) is 16.8 Å². The second-order valence-corrected chi connectivity index (χ2v) is 8.23.